The van der Waals surface area contributed by atoms with Crippen LogP contribution in [-0.2, 0) is 27.0 Å². The Bertz CT molecular complexity index is 1630. The van der Waals surface area contributed by atoms with Crippen molar-refractivity contribution < 1.29 is 18.7 Å². The van der Waals surface area contributed by atoms with E-state index in [4.69, 9.17) is 13.9 Å². The summed E-state index contributed by atoms with van der Waals surface area (Å²) in [5, 5.41) is 2.24. The van der Waals surface area contributed by atoms with Gasteiger partial charge in [-0.15, -0.1) is 0 Å². The molecule has 2 atom stereocenters. The second kappa shape index (κ2) is 16.7. The summed E-state index contributed by atoms with van der Waals surface area (Å²) >= 11 is 0. The van der Waals surface area contributed by atoms with Gasteiger partial charge in [0, 0.05) is 25.0 Å². The van der Waals surface area contributed by atoms with Crippen molar-refractivity contribution >= 4 is 24.7 Å². The first-order chi connectivity index (χ1) is 23.7. The van der Waals surface area contributed by atoms with Crippen molar-refractivity contribution in [3.8, 4) is 5.75 Å². The fraction of sp³-hybridized carbons (Fsp3) is 0.279. The highest BCUT2D eigenvalue weighted by atomic mass is 28.4. The Labute approximate surface area is 293 Å². The summed E-state index contributed by atoms with van der Waals surface area (Å²) in [7, 11) is 0.220. The first kappa shape index (κ1) is 35.8. The summed E-state index contributed by atoms with van der Waals surface area (Å²) in [6, 6.07) is 50.5. The van der Waals surface area contributed by atoms with Crippen LogP contribution < -0.4 is 15.1 Å². The topological polar surface area (TPSA) is 48.0 Å². The summed E-state index contributed by atoms with van der Waals surface area (Å²) in [4.78, 5) is 15.8. The Morgan fingerprint density at radius 3 is 1.51 bits per heavy atom. The lowest BCUT2D eigenvalue weighted by Crippen LogP contribution is -2.67. The van der Waals surface area contributed by atoms with Gasteiger partial charge in [0.05, 0.1) is 27.2 Å². The van der Waals surface area contributed by atoms with Crippen molar-refractivity contribution in [1.29, 1.82) is 0 Å². The molecule has 0 radical (unpaired) electrons. The number of hydrogen-bond donors (Lipinski definition) is 0. The van der Waals surface area contributed by atoms with E-state index >= 15 is 0 Å². The van der Waals surface area contributed by atoms with Gasteiger partial charge in [-0.2, -0.15) is 0 Å². The standard InChI is InChI=1S/C43H49NO4Si/c1-43(2,3)49(38-22-14-8-15-23-38,39-24-16-9-17-25-39)48-33-41(40(30-42(45)47-5)36-26-28-37(46-4)29-27-36)44(31-34-18-10-6-11-19-34)32-35-20-12-7-13-21-35/h6-29,40-41H,30-33H2,1-5H3/t40-,41+/m1/s1. The predicted octanol–water partition coefficient (Wildman–Crippen LogP) is 7.99. The highest BCUT2D eigenvalue weighted by molar-refractivity contribution is 6.99. The molecule has 5 aromatic carbocycles. The number of benzene rings is 5. The molecule has 0 fully saturated rings. The lowest BCUT2D eigenvalue weighted by atomic mass is 9.87. The number of nitrogens with zero attached hydrogens (tertiary/aromatic N) is 1. The zero-order chi connectivity index (χ0) is 34.7. The highest BCUT2D eigenvalue weighted by Crippen LogP contribution is 2.39. The highest BCUT2D eigenvalue weighted by Gasteiger charge is 2.51. The van der Waals surface area contributed by atoms with Crippen molar-refractivity contribution in [2.24, 2.45) is 0 Å². The predicted molar refractivity (Wildman–Crippen MR) is 202 cm³/mol. The van der Waals surface area contributed by atoms with Gasteiger partial charge in [-0.1, -0.05) is 154 Å². The third kappa shape index (κ3) is 8.76. The van der Waals surface area contributed by atoms with Crippen molar-refractivity contribution in [3.63, 3.8) is 0 Å². The smallest absolute Gasteiger partial charge is 0.306 e. The van der Waals surface area contributed by atoms with Crippen molar-refractivity contribution in [3.05, 3.63) is 162 Å². The number of carbonyl (C=O) groups is 1. The monoisotopic (exact) mass is 671 g/mol. The van der Waals surface area contributed by atoms with Gasteiger partial charge in [0.15, 0.2) is 0 Å². The molecule has 254 valence electrons. The van der Waals surface area contributed by atoms with E-state index in [9.17, 15) is 4.79 Å². The minimum Gasteiger partial charge on any atom is -0.497 e. The molecule has 0 bridgehead atoms. The minimum atomic E-state index is -2.91. The van der Waals surface area contributed by atoms with Crippen molar-refractivity contribution in [2.75, 3.05) is 20.8 Å². The number of hydrogen-bond acceptors (Lipinski definition) is 5. The molecule has 0 aliphatic rings. The average molecular weight is 672 g/mol. The zero-order valence-corrected chi connectivity index (χ0v) is 30.4. The van der Waals surface area contributed by atoms with Gasteiger partial charge < -0.3 is 13.9 Å². The number of esters is 1. The number of carbonyl (C=O) groups excluding carboxylic acids is 1. The van der Waals surface area contributed by atoms with Crippen LogP contribution in [0.5, 0.6) is 5.75 Å². The van der Waals surface area contributed by atoms with E-state index in [0.717, 1.165) is 11.3 Å². The molecule has 0 amide bonds. The molecule has 0 heterocycles. The Hall–Kier alpha value is -4.49. The van der Waals surface area contributed by atoms with Crippen LogP contribution in [0.15, 0.2) is 146 Å². The normalized spacial score (nSPS) is 13.1. The molecule has 49 heavy (non-hydrogen) atoms. The van der Waals surface area contributed by atoms with Crippen LogP contribution >= 0.6 is 0 Å². The summed E-state index contributed by atoms with van der Waals surface area (Å²) in [5.74, 6) is 0.283. The van der Waals surface area contributed by atoms with Gasteiger partial charge in [-0.3, -0.25) is 9.69 Å². The summed E-state index contributed by atoms with van der Waals surface area (Å²) in [6.45, 7) is 8.66. The van der Waals surface area contributed by atoms with Crippen LogP contribution in [0.3, 0.4) is 0 Å². The van der Waals surface area contributed by atoms with E-state index < -0.39 is 8.32 Å². The van der Waals surface area contributed by atoms with E-state index in [2.05, 4.69) is 147 Å². The van der Waals surface area contributed by atoms with Gasteiger partial charge in [0.25, 0.3) is 8.32 Å². The second-order valence-electron chi connectivity index (χ2n) is 13.6. The quantitative estimate of drug-likeness (QED) is 0.0835. The van der Waals surface area contributed by atoms with Crippen LogP contribution in [0.25, 0.3) is 0 Å². The maximum Gasteiger partial charge on any atom is 0.306 e. The lowest BCUT2D eigenvalue weighted by Gasteiger charge is -2.46. The summed E-state index contributed by atoms with van der Waals surface area (Å²) < 4.78 is 18.5. The minimum absolute atomic E-state index is 0.199. The van der Waals surface area contributed by atoms with Gasteiger partial charge in [0.1, 0.15) is 5.75 Å². The SMILES string of the molecule is COC(=O)C[C@H](c1ccc(OC)cc1)[C@H](CO[Si](c1ccccc1)(c1ccccc1)C(C)(C)C)N(Cc1ccccc1)Cc1ccccc1. The van der Waals surface area contributed by atoms with Gasteiger partial charge in [0.2, 0.25) is 0 Å². The van der Waals surface area contributed by atoms with Crippen LogP contribution in [0.1, 0.15) is 49.8 Å². The van der Waals surface area contributed by atoms with Gasteiger partial charge in [-0.05, 0) is 44.2 Å². The maximum atomic E-state index is 13.3. The summed E-state index contributed by atoms with van der Waals surface area (Å²) in [5.41, 5.74) is 3.43. The average Bonchev–Trinajstić information content (AvgIpc) is 3.13. The van der Waals surface area contributed by atoms with Gasteiger partial charge in [-0.25, -0.2) is 0 Å². The first-order valence-corrected chi connectivity index (χ1v) is 18.9. The molecule has 0 spiro atoms. The van der Waals surface area contributed by atoms with Crippen LogP contribution in [-0.4, -0.2) is 46.1 Å². The molecule has 5 aromatic rings. The fourth-order valence-corrected chi connectivity index (χ4v) is 11.5. The first-order valence-electron chi connectivity index (χ1n) is 17.0. The Kier molecular flexibility index (Phi) is 12.2. The van der Waals surface area contributed by atoms with Crippen molar-refractivity contribution in [2.45, 2.75) is 57.3 Å². The van der Waals surface area contributed by atoms with E-state index in [1.54, 1.807) is 7.11 Å². The number of rotatable bonds is 15. The summed E-state index contributed by atoms with van der Waals surface area (Å²) in [6.07, 6.45) is 0.206. The molecular formula is C43H49NO4Si. The third-order valence-corrected chi connectivity index (χ3v) is 14.4. The zero-order valence-electron chi connectivity index (χ0n) is 29.4. The fourth-order valence-electron chi connectivity index (χ4n) is 6.96. The van der Waals surface area contributed by atoms with Crippen molar-refractivity contribution in [1.82, 2.24) is 4.90 Å². The molecule has 0 aliphatic carbocycles. The molecule has 5 rings (SSSR count). The van der Waals surface area contributed by atoms with E-state index in [-0.39, 0.29) is 29.4 Å². The largest absolute Gasteiger partial charge is 0.497 e. The molecule has 6 heteroatoms. The molecule has 0 aromatic heterocycles. The van der Waals surface area contributed by atoms with E-state index in [1.807, 2.05) is 24.3 Å². The van der Waals surface area contributed by atoms with E-state index in [1.165, 1.54) is 28.6 Å². The molecular weight excluding hydrogens is 623 g/mol. The molecule has 0 N–H and O–H groups in total. The maximum absolute atomic E-state index is 13.3. The van der Waals surface area contributed by atoms with E-state index in [0.29, 0.717) is 19.7 Å². The Morgan fingerprint density at radius 1 is 0.653 bits per heavy atom. The number of methoxy groups -OCH3 is 2. The molecule has 0 saturated heterocycles. The molecule has 0 unspecified atom stereocenters. The molecule has 0 aliphatic heterocycles. The lowest BCUT2D eigenvalue weighted by molar-refractivity contribution is -0.141. The van der Waals surface area contributed by atoms with Crippen LogP contribution in [0.2, 0.25) is 5.04 Å². The third-order valence-electron chi connectivity index (χ3n) is 9.44. The Balaban J connectivity index is 1.69. The molecule has 5 nitrogen and oxygen atoms in total. The van der Waals surface area contributed by atoms with Crippen LogP contribution in [0.4, 0.5) is 0 Å². The van der Waals surface area contributed by atoms with Crippen LogP contribution in [0, 0.1) is 0 Å². The Morgan fingerprint density at radius 2 is 1.10 bits per heavy atom. The second-order valence-corrected chi connectivity index (χ2v) is 17.9. The number of ether oxygens (including phenoxy) is 2. The molecule has 0 saturated carbocycles. The van der Waals surface area contributed by atoms with Gasteiger partial charge >= 0.3 is 5.97 Å².